The summed E-state index contributed by atoms with van der Waals surface area (Å²) >= 11 is 0. The summed E-state index contributed by atoms with van der Waals surface area (Å²) in [6.07, 6.45) is 5.20. The summed E-state index contributed by atoms with van der Waals surface area (Å²) in [6.45, 7) is 4.96. The van der Waals surface area contributed by atoms with Gasteiger partial charge in [-0.1, -0.05) is 12.1 Å². The van der Waals surface area contributed by atoms with E-state index in [1.165, 1.54) is 25.9 Å². The first-order valence-corrected chi connectivity index (χ1v) is 10.2. The van der Waals surface area contributed by atoms with Gasteiger partial charge in [0, 0.05) is 25.6 Å². The first kappa shape index (κ1) is 18.4. The lowest BCUT2D eigenvalue weighted by molar-refractivity contribution is -0.127. The summed E-state index contributed by atoms with van der Waals surface area (Å²) in [4.78, 5) is 22.1. The van der Waals surface area contributed by atoms with E-state index in [1.807, 2.05) is 24.3 Å². The summed E-state index contributed by atoms with van der Waals surface area (Å²) in [5.41, 5.74) is 1.68. The molecule has 3 heterocycles. The smallest absolute Gasteiger partial charge is 0.224 e. The van der Waals surface area contributed by atoms with E-state index in [0.717, 1.165) is 37.0 Å². The van der Waals surface area contributed by atoms with Crippen LogP contribution in [0, 0.1) is 5.92 Å². The topological polar surface area (TPSA) is 61.6 Å². The van der Waals surface area contributed by atoms with Crippen LogP contribution < -0.4 is 5.32 Å². The lowest BCUT2D eigenvalue weighted by atomic mass is 9.93. The van der Waals surface area contributed by atoms with E-state index >= 15 is 0 Å². The molecule has 1 aromatic heterocycles. The largest absolute Gasteiger partial charge is 0.441 e. The minimum Gasteiger partial charge on any atom is -0.441 e. The van der Waals surface area contributed by atoms with E-state index in [1.54, 1.807) is 0 Å². The lowest BCUT2D eigenvalue weighted by Crippen LogP contribution is -2.50. The van der Waals surface area contributed by atoms with Crippen molar-refractivity contribution in [2.24, 2.45) is 5.92 Å². The summed E-state index contributed by atoms with van der Waals surface area (Å²) in [7, 11) is 2.19. The number of rotatable bonds is 5. The number of benzene rings is 1. The van der Waals surface area contributed by atoms with Gasteiger partial charge in [-0.05, 0) is 64.5 Å². The quantitative estimate of drug-likeness (QED) is 0.875. The van der Waals surface area contributed by atoms with Crippen molar-refractivity contribution in [3.05, 3.63) is 30.2 Å². The van der Waals surface area contributed by atoms with Crippen molar-refractivity contribution < 1.29 is 9.21 Å². The Morgan fingerprint density at radius 3 is 2.85 bits per heavy atom. The molecule has 6 heteroatoms. The highest BCUT2D eigenvalue weighted by Crippen LogP contribution is 2.23. The number of carbonyl (C=O) groups excluding carboxylic acids is 1. The molecular formula is C21H30N4O2. The zero-order valence-corrected chi connectivity index (χ0v) is 16.2. The number of hydrogen-bond donors (Lipinski definition) is 1. The van der Waals surface area contributed by atoms with Gasteiger partial charge in [-0.3, -0.25) is 9.69 Å². The Morgan fingerprint density at radius 1 is 1.22 bits per heavy atom. The van der Waals surface area contributed by atoms with Gasteiger partial charge in [0.2, 0.25) is 5.91 Å². The first-order chi connectivity index (χ1) is 13.2. The molecule has 1 N–H and O–H groups in total. The number of likely N-dealkylation sites (tertiary alicyclic amines) is 2. The van der Waals surface area contributed by atoms with E-state index in [-0.39, 0.29) is 11.8 Å². The number of piperidine rings is 2. The van der Waals surface area contributed by atoms with Crippen LogP contribution in [0.3, 0.4) is 0 Å². The second kappa shape index (κ2) is 8.40. The molecule has 146 valence electrons. The molecule has 0 unspecified atom stereocenters. The fourth-order valence-electron chi connectivity index (χ4n) is 4.38. The predicted molar refractivity (Wildman–Crippen MR) is 106 cm³/mol. The van der Waals surface area contributed by atoms with Crippen molar-refractivity contribution in [3.8, 4) is 0 Å². The third-order valence-electron chi connectivity index (χ3n) is 6.00. The molecule has 4 rings (SSSR count). The zero-order valence-electron chi connectivity index (χ0n) is 16.2. The van der Waals surface area contributed by atoms with E-state index in [9.17, 15) is 4.79 Å². The van der Waals surface area contributed by atoms with Gasteiger partial charge in [0.05, 0.1) is 5.92 Å². The van der Waals surface area contributed by atoms with Gasteiger partial charge in [-0.15, -0.1) is 0 Å². The minimum absolute atomic E-state index is 0.113. The number of fused-ring (bicyclic) bond motifs is 1. The molecule has 1 aromatic carbocycles. The van der Waals surface area contributed by atoms with Crippen LogP contribution in [0.1, 0.15) is 31.6 Å². The van der Waals surface area contributed by atoms with Crippen molar-refractivity contribution in [1.29, 1.82) is 0 Å². The summed E-state index contributed by atoms with van der Waals surface area (Å²) < 4.78 is 5.73. The van der Waals surface area contributed by atoms with Crippen molar-refractivity contribution >= 4 is 17.0 Å². The van der Waals surface area contributed by atoms with Crippen LogP contribution in [0.5, 0.6) is 0 Å². The Balaban J connectivity index is 1.25. The van der Waals surface area contributed by atoms with Gasteiger partial charge in [0.15, 0.2) is 11.5 Å². The maximum Gasteiger partial charge on any atom is 0.224 e. The highest BCUT2D eigenvalue weighted by Gasteiger charge is 2.31. The number of amides is 1. The third-order valence-corrected chi connectivity index (χ3v) is 6.00. The molecule has 2 aliphatic rings. The number of oxazole rings is 1. The summed E-state index contributed by atoms with van der Waals surface area (Å²) in [5.74, 6) is 0.985. The Hall–Kier alpha value is -1.92. The second-order valence-electron chi connectivity index (χ2n) is 7.98. The molecule has 2 saturated heterocycles. The lowest BCUT2D eigenvalue weighted by Gasteiger charge is -2.41. The summed E-state index contributed by atoms with van der Waals surface area (Å²) in [6, 6.07) is 8.41. The molecule has 0 aliphatic carbocycles. The maximum atomic E-state index is 12.6. The summed E-state index contributed by atoms with van der Waals surface area (Å²) in [5, 5.41) is 3.10. The van der Waals surface area contributed by atoms with E-state index in [4.69, 9.17) is 4.42 Å². The average molecular weight is 370 g/mol. The van der Waals surface area contributed by atoms with E-state index < -0.39 is 0 Å². The van der Waals surface area contributed by atoms with E-state index in [2.05, 4.69) is 27.1 Å². The molecule has 6 nitrogen and oxygen atoms in total. The standard InChI is InChI=1S/C21H30N4O2/c1-24-13-9-17(10-14-24)25-12-4-5-16(15-25)21(26)22-11-8-20-23-18-6-2-3-7-19(18)27-20/h2-3,6-7,16-17H,4-5,8-15H2,1H3,(H,22,26)/t16-/m0/s1. The molecule has 0 bridgehead atoms. The Bertz CT molecular complexity index is 733. The van der Waals surface area contributed by atoms with Crippen LogP contribution >= 0.6 is 0 Å². The third kappa shape index (κ3) is 4.50. The molecule has 0 radical (unpaired) electrons. The minimum atomic E-state index is 0.113. The maximum absolute atomic E-state index is 12.6. The van der Waals surface area contributed by atoms with Gasteiger partial charge in [0.25, 0.3) is 0 Å². The zero-order chi connectivity index (χ0) is 18.6. The highest BCUT2D eigenvalue weighted by molar-refractivity contribution is 5.79. The Labute approximate surface area is 160 Å². The van der Waals surface area contributed by atoms with Crippen LogP contribution in [0.25, 0.3) is 11.1 Å². The molecule has 1 atom stereocenters. The Kier molecular flexibility index (Phi) is 5.74. The van der Waals surface area contributed by atoms with Crippen LogP contribution in [0.15, 0.2) is 28.7 Å². The normalized spacial score (nSPS) is 22.9. The van der Waals surface area contributed by atoms with Crippen LogP contribution in [0.4, 0.5) is 0 Å². The van der Waals surface area contributed by atoms with Gasteiger partial charge in [-0.25, -0.2) is 4.98 Å². The number of carbonyl (C=O) groups is 1. The molecule has 0 spiro atoms. The molecule has 2 aliphatic heterocycles. The van der Waals surface area contributed by atoms with Gasteiger partial charge in [0.1, 0.15) is 5.52 Å². The predicted octanol–water partition coefficient (Wildman–Crippen LogP) is 2.29. The van der Waals surface area contributed by atoms with Crippen LogP contribution in [-0.2, 0) is 11.2 Å². The van der Waals surface area contributed by atoms with Gasteiger partial charge in [-0.2, -0.15) is 0 Å². The highest BCUT2D eigenvalue weighted by atomic mass is 16.3. The van der Waals surface area contributed by atoms with E-state index in [0.29, 0.717) is 24.9 Å². The molecule has 0 saturated carbocycles. The molecule has 2 fully saturated rings. The average Bonchev–Trinajstić information content (AvgIpc) is 3.11. The SMILES string of the molecule is CN1CCC(N2CCC[C@H](C(=O)NCCc3nc4ccccc4o3)C2)CC1. The number of hydrogen-bond acceptors (Lipinski definition) is 5. The Morgan fingerprint density at radius 2 is 2.04 bits per heavy atom. The first-order valence-electron chi connectivity index (χ1n) is 10.2. The number of nitrogens with one attached hydrogen (secondary N) is 1. The monoisotopic (exact) mass is 370 g/mol. The van der Waals surface area contributed by atoms with Crippen LogP contribution in [0.2, 0.25) is 0 Å². The molecule has 27 heavy (non-hydrogen) atoms. The number of para-hydroxylation sites is 2. The fourth-order valence-corrected chi connectivity index (χ4v) is 4.38. The van der Waals surface area contributed by atoms with Gasteiger partial charge < -0.3 is 14.6 Å². The van der Waals surface area contributed by atoms with Crippen molar-refractivity contribution in [3.63, 3.8) is 0 Å². The van der Waals surface area contributed by atoms with Crippen LogP contribution in [-0.4, -0.2) is 66.5 Å². The number of nitrogens with zero attached hydrogens (tertiary/aromatic N) is 3. The fraction of sp³-hybridized carbons (Fsp3) is 0.619. The molecular weight excluding hydrogens is 340 g/mol. The number of aromatic nitrogens is 1. The molecule has 2 aromatic rings. The second-order valence-corrected chi connectivity index (χ2v) is 7.98. The van der Waals surface area contributed by atoms with Crippen molar-refractivity contribution in [1.82, 2.24) is 20.1 Å². The van der Waals surface area contributed by atoms with Crippen molar-refractivity contribution in [2.45, 2.75) is 38.1 Å². The molecule has 1 amide bonds. The van der Waals surface area contributed by atoms with Gasteiger partial charge >= 0.3 is 0 Å². The van der Waals surface area contributed by atoms with Crippen molar-refractivity contribution in [2.75, 3.05) is 39.8 Å².